The first kappa shape index (κ1) is 6.38. The average molecular weight is 138 g/mol. The minimum absolute atomic E-state index is 0.774. The summed E-state index contributed by atoms with van der Waals surface area (Å²) in [5.41, 5.74) is 0. The Hall–Kier alpha value is -0.330. The molecule has 2 fully saturated rings. The summed E-state index contributed by atoms with van der Waals surface area (Å²) in [4.78, 5) is 10.2. The Morgan fingerprint density at radius 1 is 1.30 bits per heavy atom. The van der Waals surface area contributed by atoms with Gasteiger partial charge in [0.2, 0.25) is 0 Å². The lowest BCUT2D eigenvalue weighted by molar-refractivity contribution is -0.108. The number of carbonyl (C=O) groups is 1. The lowest BCUT2D eigenvalue weighted by atomic mass is 9.87. The number of hydrogen-bond acceptors (Lipinski definition) is 1. The first-order chi connectivity index (χ1) is 4.90. The molecule has 0 aromatic rings. The highest BCUT2D eigenvalue weighted by Crippen LogP contribution is 2.49. The summed E-state index contributed by atoms with van der Waals surface area (Å²) in [6.07, 6.45) is 7.57. The van der Waals surface area contributed by atoms with Gasteiger partial charge in [0, 0.05) is 6.42 Å². The van der Waals surface area contributed by atoms with Crippen molar-refractivity contribution in [2.45, 2.75) is 32.1 Å². The molecule has 0 radical (unpaired) electrons. The third-order valence-electron chi connectivity index (χ3n) is 3.28. The average Bonchev–Trinajstić information content (AvgIpc) is 2.48. The Labute approximate surface area is 61.8 Å². The van der Waals surface area contributed by atoms with Crippen LogP contribution in [-0.4, -0.2) is 6.29 Å². The van der Waals surface area contributed by atoms with Crippen molar-refractivity contribution < 1.29 is 4.79 Å². The van der Waals surface area contributed by atoms with Crippen molar-refractivity contribution in [2.75, 3.05) is 0 Å². The summed E-state index contributed by atoms with van der Waals surface area (Å²) >= 11 is 0. The van der Waals surface area contributed by atoms with Crippen molar-refractivity contribution >= 4 is 6.29 Å². The van der Waals surface area contributed by atoms with Crippen LogP contribution in [0.3, 0.4) is 0 Å². The van der Waals surface area contributed by atoms with Crippen LogP contribution in [0, 0.1) is 17.8 Å². The van der Waals surface area contributed by atoms with Gasteiger partial charge in [-0.3, -0.25) is 0 Å². The SMILES string of the molecule is O=CCC1C[C@@H]2CC[C@H]1C2. The monoisotopic (exact) mass is 138 g/mol. The van der Waals surface area contributed by atoms with E-state index >= 15 is 0 Å². The Morgan fingerprint density at radius 2 is 2.20 bits per heavy atom. The predicted octanol–water partition coefficient (Wildman–Crippen LogP) is 2.01. The van der Waals surface area contributed by atoms with E-state index in [9.17, 15) is 4.79 Å². The topological polar surface area (TPSA) is 17.1 Å². The molecule has 1 heteroatoms. The Kier molecular flexibility index (Phi) is 1.51. The van der Waals surface area contributed by atoms with Crippen LogP contribution >= 0.6 is 0 Å². The summed E-state index contributed by atoms with van der Waals surface area (Å²) in [7, 11) is 0. The van der Waals surface area contributed by atoms with Crippen LogP contribution in [0.15, 0.2) is 0 Å². The van der Waals surface area contributed by atoms with Crippen molar-refractivity contribution in [3.8, 4) is 0 Å². The van der Waals surface area contributed by atoms with Crippen LogP contribution in [0.1, 0.15) is 32.1 Å². The molecule has 0 aromatic carbocycles. The molecule has 2 rings (SSSR count). The molecule has 0 N–H and O–H groups in total. The maximum absolute atomic E-state index is 10.2. The summed E-state index contributed by atoms with van der Waals surface area (Å²) in [5.74, 6) is 2.70. The van der Waals surface area contributed by atoms with E-state index in [0.717, 1.165) is 30.5 Å². The van der Waals surface area contributed by atoms with Gasteiger partial charge in [-0.25, -0.2) is 0 Å². The fourth-order valence-electron chi connectivity index (χ4n) is 2.79. The normalized spacial score (nSPS) is 44.2. The Bertz CT molecular complexity index is 142. The van der Waals surface area contributed by atoms with Gasteiger partial charge in [-0.2, -0.15) is 0 Å². The Morgan fingerprint density at radius 3 is 2.70 bits per heavy atom. The van der Waals surface area contributed by atoms with Crippen molar-refractivity contribution in [1.82, 2.24) is 0 Å². The van der Waals surface area contributed by atoms with Gasteiger partial charge in [0.25, 0.3) is 0 Å². The second kappa shape index (κ2) is 2.37. The van der Waals surface area contributed by atoms with E-state index in [2.05, 4.69) is 0 Å². The molecule has 0 spiro atoms. The van der Waals surface area contributed by atoms with Gasteiger partial charge in [0.1, 0.15) is 6.29 Å². The zero-order valence-corrected chi connectivity index (χ0v) is 6.25. The number of carbonyl (C=O) groups excluding carboxylic acids is 1. The summed E-state index contributed by atoms with van der Waals surface area (Å²) < 4.78 is 0. The van der Waals surface area contributed by atoms with Gasteiger partial charge in [-0.05, 0) is 37.0 Å². The molecule has 1 nitrogen and oxygen atoms in total. The van der Waals surface area contributed by atoms with E-state index in [1.165, 1.54) is 25.7 Å². The maximum Gasteiger partial charge on any atom is 0.120 e. The summed E-state index contributed by atoms with van der Waals surface area (Å²) in [5, 5.41) is 0. The molecule has 0 amide bonds. The molecule has 0 aromatic heterocycles. The van der Waals surface area contributed by atoms with Gasteiger partial charge >= 0.3 is 0 Å². The van der Waals surface area contributed by atoms with Crippen LogP contribution in [-0.2, 0) is 4.79 Å². The fraction of sp³-hybridized carbons (Fsp3) is 0.889. The van der Waals surface area contributed by atoms with E-state index in [4.69, 9.17) is 0 Å². The Balaban J connectivity index is 1.95. The maximum atomic E-state index is 10.2. The van der Waals surface area contributed by atoms with Crippen LogP contribution in [0.4, 0.5) is 0 Å². The van der Waals surface area contributed by atoms with Crippen LogP contribution < -0.4 is 0 Å². The highest BCUT2D eigenvalue weighted by atomic mass is 16.1. The molecule has 56 valence electrons. The van der Waals surface area contributed by atoms with E-state index in [1.807, 2.05) is 0 Å². The quantitative estimate of drug-likeness (QED) is 0.533. The lowest BCUT2D eigenvalue weighted by Gasteiger charge is -2.18. The molecule has 0 aliphatic heterocycles. The van der Waals surface area contributed by atoms with E-state index in [-0.39, 0.29) is 0 Å². The summed E-state index contributed by atoms with van der Waals surface area (Å²) in [6, 6.07) is 0. The number of aldehydes is 1. The van der Waals surface area contributed by atoms with Crippen molar-refractivity contribution in [2.24, 2.45) is 17.8 Å². The molecule has 0 saturated heterocycles. The third-order valence-corrected chi connectivity index (χ3v) is 3.28. The van der Waals surface area contributed by atoms with Gasteiger partial charge in [0.15, 0.2) is 0 Å². The standard InChI is InChI=1S/C9H14O/c10-4-3-9-6-7-1-2-8(9)5-7/h4,7-9H,1-3,5-6H2/t7-,8+,9?/m1/s1. The highest BCUT2D eigenvalue weighted by Gasteiger charge is 2.38. The van der Waals surface area contributed by atoms with Crippen molar-refractivity contribution in [3.63, 3.8) is 0 Å². The summed E-state index contributed by atoms with van der Waals surface area (Å²) in [6.45, 7) is 0. The van der Waals surface area contributed by atoms with Gasteiger partial charge in [0.05, 0.1) is 0 Å². The molecule has 2 saturated carbocycles. The van der Waals surface area contributed by atoms with E-state index in [0.29, 0.717) is 0 Å². The van der Waals surface area contributed by atoms with Gasteiger partial charge in [-0.1, -0.05) is 6.42 Å². The van der Waals surface area contributed by atoms with Crippen molar-refractivity contribution in [1.29, 1.82) is 0 Å². The molecule has 2 aliphatic carbocycles. The number of rotatable bonds is 2. The van der Waals surface area contributed by atoms with Crippen LogP contribution in [0.2, 0.25) is 0 Å². The third kappa shape index (κ3) is 0.882. The van der Waals surface area contributed by atoms with Crippen LogP contribution in [0.25, 0.3) is 0 Å². The predicted molar refractivity (Wildman–Crippen MR) is 39.6 cm³/mol. The van der Waals surface area contributed by atoms with Crippen LogP contribution in [0.5, 0.6) is 0 Å². The molecule has 10 heavy (non-hydrogen) atoms. The zero-order chi connectivity index (χ0) is 6.97. The molecule has 3 atom stereocenters. The number of hydrogen-bond donors (Lipinski definition) is 0. The molecule has 2 bridgehead atoms. The van der Waals surface area contributed by atoms with E-state index < -0.39 is 0 Å². The largest absolute Gasteiger partial charge is 0.303 e. The van der Waals surface area contributed by atoms with Gasteiger partial charge < -0.3 is 4.79 Å². The minimum Gasteiger partial charge on any atom is -0.303 e. The second-order valence-electron chi connectivity index (χ2n) is 3.84. The first-order valence-electron chi connectivity index (χ1n) is 4.34. The second-order valence-corrected chi connectivity index (χ2v) is 3.84. The molecule has 2 aliphatic rings. The smallest absolute Gasteiger partial charge is 0.120 e. The molecular formula is C9H14O. The van der Waals surface area contributed by atoms with Crippen molar-refractivity contribution in [3.05, 3.63) is 0 Å². The molecule has 1 unspecified atom stereocenters. The first-order valence-corrected chi connectivity index (χ1v) is 4.34. The lowest BCUT2D eigenvalue weighted by Crippen LogP contribution is -2.10. The van der Waals surface area contributed by atoms with Gasteiger partial charge in [-0.15, -0.1) is 0 Å². The highest BCUT2D eigenvalue weighted by molar-refractivity contribution is 5.50. The molecular weight excluding hydrogens is 124 g/mol. The zero-order valence-electron chi connectivity index (χ0n) is 6.25. The number of fused-ring (bicyclic) bond motifs is 2. The minimum atomic E-state index is 0.774. The fourth-order valence-corrected chi connectivity index (χ4v) is 2.79. The van der Waals surface area contributed by atoms with E-state index in [1.54, 1.807) is 0 Å². The molecule has 0 heterocycles.